The van der Waals surface area contributed by atoms with Gasteiger partial charge in [0.15, 0.2) is 0 Å². The van der Waals surface area contributed by atoms with Crippen molar-refractivity contribution < 1.29 is 52.1 Å². The van der Waals surface area contributed by atoms with Crippen LogP contribution in [0.4, 0.5) is 4.79 Å². The quantitative estimate of drug-likeness (QED) is 0.765. The molecular formula is C13H19N4O4Y-. The number of carboxylic acid groups (broad SMARTS) is 1. The van der Waals surface area contributed by atoms with Crippen molar-refractivity contribution in [1.29, 1.82) is 0 Å². The Kier molecular flexibility index (Phi) is 6.09. The predicted molar refractivity (Wildman–Crippen MR) is 71.6 cm³/mol. The van der Waals surface area contributed by atoms with Crippen LogP contribution in [-0.4, -0.2) is 55.3 Å². The molecular weight excluding hydrogens is 365 g/mol. The van der Waals surface area contributed by atoms with Gasteiger partial charge in [-0.1, -0.05) is 6.92 Å². The molecule has 1 radical (unpaired) electrons. The van der Waals surface area contributed by atoms with Gasteiger partial charge in [0.2, 0.25) is 0 Å². The second-order valence-electron chi connectivity index (χ2n) is 6.11. The van der Waals surface area contributed by atoms with Gasteiger partial charge >= 0.3 is 12.1 Å². The van der Waals surface area contributed by atoms with Crippen molar-refractivity contribution in [3.8, 4) is 0 Å². The molecule has 1 saturated heterocycles. The molecule has 0 aliphatic carbocycles. The van der Waals surface area contributed by atoms with E-state index in [1.807, 2.05) is 0 Å². The van der Waals surface area contributed by atoms with E-state index in [1.165, 1.54) is 4.90 Å². The Hall–Kier alpha value is -1.02. The van der Waals surface area contributed by atoms with Gasteiger partial charge in [0.05, 0.1) is 6.04 Å². The fourth-order valence-corrected chi connectivity index (χ4v) is 2.36. The molecule has 1 fully saturated rings. The number of hydrogen-bond donors (Lipinski definition) is 1. The van der Waals surface area contributed by atoms with Crippen molar-refractivity contribution in [1.82, 2.24) is 19.9 Å². The molecule has 2 rings (SSSR count). The summed E-state index contributed by atoms with van der Waals surface area (Å²) in [6.07, 6.45) is 2.34. The second-order valence-corrected chi connectivity index (χ2v) is 6.11. The zero-order valence-corrected chi connectivity index (χ0v) is 15.9. The summed E-state index contributed by atoms with van der Waals surface area (Å²) < 4.78 is 6.87. The summed E-state index contributed by atoms with van der Waals surface area (Å²) in [5, 5.41) is 16.9. The Bertz CT molecular complexity index is 554. The Labute approximate surface area is 154 Å². The minimum atomic E-state index is -1.05. The van der Waals surface area contributed by atoms with Gasteiger partial charge in [-0.3, -0.25) is 9.58 Å². The summed E-state index contributed by atoms with van der Waals surface area (Å²) in [4.78, 5) is 24.8. The number of nitrogens with zero attached hydrogens (tertiary/aromatic N) is 4. The number of likely N-dealkylation sites (tertiary alicyclic amines) is 1. The van der Waals surface area contributed by atoms with Crippen LogP contribution in [0.25, 0.3) is 0 Å². The Morgan fingerprint density at radius 2 is 2.05 bits per heavy atom. The SMILES string of the molecule is Cc1[c-]nnn1[C@@H]1C[C@@H](C(=O)O)N(C(=O)OC(C)(C)C)C1.[Y]. The van der Waals surface area contributed by atoms with E-state index in [4.69, 9.17) is 4.74 Å². The summed E-state index contributed by atoms with van der Waals surface area (Å²) in [7, 11) is 0. The molecule has 1 amide bonds. The minimum absolute atomic E-state index is 0. The van der Waals surface area contributed by atoms with Gasteiger partial charge in [-0.15, -0.1) is 10.9 Å². The molecule has 119 valence electrons. The number of hydrogen-bond acceptors (Lipinski definition) is 5. The first-order chi connectivity index (χ1) is 9.69. The van der Waals surface area contributed by atoms with Gasteiger partial charge in [0, 0.05) is 45.7 Å². The predicted octanol–water partition coefficient (Wildman–Crippen LogP) is 1.02. The van der Waals surface area contributed by atoms with Gasteiger partial charge in [0.25, 0.3) is 0 Å². The summed E-state index contributed by atoms with van der Waals surface area (Å²) in [5.41, 5.74) is 0.0324. The van der Waals surface area contributed by atoms with E-state index in [0.717, 1.165) is 0 Å². The number of carbonyl (C=O) groups is 2. The average molecular weight is 384 g/mol. The summed E-state index contributed by atoms with van der Waals surface area (Å²) >= 11 is 0. The smallest absolute Gasteiger partial charge is 0.411 e. The van der Waals surface area contributed by atoms with Crippen LogP contribution in [0.1, 0.15) is 38.9 Å². The van der Waals surface area contributed by atoms with Crippen molar-refractivity contribution in [2.45, 2.75) is 51.8 Å². The third-order valence-corrected chi connectivity index (χ3v) is 3.23. The Balaban J connectivity index is 0.00000242. The van der Waals surface area contributed by atoms with Gasteiger partial charge < -0.3 is 21.1 Å². The molecule has 1 aliphatic rings. The molecule has 2 heterocycles. The van der Waals surface area contributed by atoms with Crippen LogP contribution in [0.5, 0.6) is 0 Å². The number of ether oxygens (including phenoxy) is 1. The number of carbonyl (C=O) groups excluding carboxylic acids is 1. The molecule has 0 bridgehead atoms. The molecule has 22 heavy (non-hydrogen) atoms. The van der Waals surface area contributed by atoms with Crippen LogP contribution >= 0.6 is 0 Å². The maximum atomic E-state index is 12.2. The normalized spacial score (nSPS) is 21.4. The minimum Gasteiger partial charge on any atom is -0.480 e. The zero-order chi connectivity index (χ0) is 15.8. The molecule has 8 nitrogen and oxygen atoms in total. The molecule has 9 heteroatoms. The molecule has 2 atom stereocenters. The van der Waals surface area contributed by atoms with E-state index >= 15 is 0 Å². The van der Waals surface area contributed by atoms with Crippen molar-refractivity contribution >= 4 is 12.1 Å². The summed E-state index contributed by atoms with van der Waals surface area (Å²) in [6.45, 7) is 7.23. The van der Waals surface area contributed by atoms with Crippen molar-refractivity contribution in [3.05, 3.63) is 11.9 Å². The summed E-state index contributed by atoms with van der Waals surface area (Å²) in [5.74, 6) is -1.05. The van der Waals surface area contributed by atoms with E-state index in [-0.39, 0.29) is 51.7 Å². The Morgan fingerprint density at radius 3 is 2.50 bits per heavy atom. The number of amides is 1. The standard InChI is InChI=1S/C13H19N4O4.Y/c1-8-6-14-15-17(8)9-5-10(11(18)19)16(7-9)12(20)21-13(2,3)4;/h9-10H,5,7H2,1-4H3,(H,18,19);/q-1;/t9-,10+;/m1./s1. The third-order valence-electron chi connectivity index (χ3n) is 3.23. The van der Waals surface area contributed by atoms with Crippen LogP contribution in [0, 0.1) is 13.1 Å². The van der Waals surface area contributed by atoms with Gasteiger partial charge in [-0.25, -0.2) is 9.59 Å². The molecule has 0 unspecified atom stereocenters. The van der Waals surface area contributed by atoms with Crippen LogP contribution in [0.15, 0.2) is 0 Å². The maximum absolute atomic E-state index is 12.2. The average Bonchev–Trinajstić information content (AvgIpc) is 2.91. The molecule has 0 saturated carbocycles. The van der Waals surface area contributed by atoms with E-state index in [0.29, 0.717) is 5.69 Å². The monoisotopic (exact) mass is 384 g/mol. The van der Waals surface area contributed by atoms with Gasteiger partial charge in [-0.05, 0) is 20.8 Å². The van der Waals surface area contributed by atoms with E-state index in [9.17, 15) is 14.7 Å². The largest absolute Gasteiger partial charge is 0.480 e. The first-order valence-electron chi connectivity index (χ1n) is 6.71. The second kappa shape index (κ2) is 7.04. The van der Waals surface area contributed by atoms with E-state index in [2.05, 4.69) is 16.5 Å². The molecule has 1 aromatic rings. The van der Waals surface area contributed by atoms with Gasteiger partial charge in [0.1, 0.15) is 11.6 Å². The number of aryl methyl sites for hydroxylation is 1. The fourth-order valence-electron chi connectivity index (χ4n) is 2.36. The van der Waals surface area contributed by atoms with Crippen LogP contribution in [-0.2, 0) is 42.2 Å². The van der Waals surface area contributed by atoms with Crippen LogP contribution in [0.3, 0.4) is 0 Å². The molecule has 1 aromatic heterocycles. The fraction of sp³-hybridized carbons (Fsp3) is 0.692. The molecule has 0 spiro atoms. The first-order valence-corrected chi connectivity index (χ1v) is 6.71. The van der Waals surface area contributed by atoms with Crippen LogP contribution in [0.2, 0.25) is 0 Å². The number of rotatable bonds is 2. The first kappa shape index (κ1) is 19.0. The van der Waals surface area contributed by atoms with E-state index in [1.54, 1.807) is 32.4 Å². The van der Waals surface area contributed by atoms with Crippen molar-refractivity contribution in [2.24, 2.45) is 0 Å². The third kappa shape index (κ3) is 4.26. The number of aliphatic carboxylic acids is 1. The summed E-state index contributed by atoms with van der Waals surface area (Å²) in [6, 6.07) is -1.16. The molecule has 1 aliphatic heterocycles. The van der Waals surface area contributed by atoms with Crippen LogP contribution < -0.4 is 0 Å². The zero-order valence-electron chi connectivity index (χ0n) is 13.1. The number of aromatic nitrogens is 3. The topological polar surface area (TPSA) is 97.5 Å². The van der Waals surface area contributed by atoms with Gasteiger partial charge in [-0.2, -0.15) is 0 Å². The van der Waals surface area contributed by atoms with Crippen molar-refractivity contribution in [2.75, 3.05) is 6.54 Å². The Morgan fingerprint density at radius 1 is 1.41 bits per heavy atom. The molecule has 0 aromatic carbocycles. The number of carboxylic acids is 1. The molecule has 1 N–H and O–H groups in total. The van der Waals surface area contributed by atoms with E-state index < -0.39 is 23.7 Å². The maximum Gasteiger partial charge on any atom is 0.411 e. The van der Waals surface area contributed by atoms with Crippen molar-refractivity contribution in [3.63, 3.8) is 0 Å².